The van der Waals surface area contributed by atoms with Gasteiger partial charge in [0.25, 0.3) is 0 Å². The topological polar surface area (TPSA) is 57.6 Å². The number of carboxylic acids is 1. The molecule has 1 atom stereocenters. The fourth-order valence-corrected chi connectivity index (χ4v) is 2.97. The van der Waals surface area contributed by atoms with Crippen LogP contribution in [0, 0.1) is 5.92 Å². The van der Waals surface area contributed by atoms with Gasteiger partial charge in [0.15, 0.2) is 0 Å². The van der Waals surface area contributed by atoms with Gasteiger partial charge in [0.05, 0.1) is 5.92 Å². The van der Waals surface area contributed by atoms with Crippen molar-refractivity contribution in [2.75, 3.05) is 13.1 Å². The van der Waals surface area contributed by atoms with Gasteiger partial charge in [-0.25, -0.2) is 0 Å². The Bertz CT molecular complexity index is 351. The minimum absolute atomic E-state index is 0.0353. The summed E-state index contributed by atoms with van der Waals surface area (Å²) in [5, 5.41) is 9.32. The Balaban J connectivity index is 3.81. The van der Waals surface area contributed by atoms with Crippen LogP contribution < -0.4 is 0 Å². The van der Waals surface area contributed by atoms with Crippen LogP contribution in [0.4, 0.5) is 0 Å². The second-order valence-corrected chi connectivity index (χ2v) is 6.50. The summed E-state index contributed by atoms with van der Waals surface area (Å²) < 4.78 is 0. The van der Waals surface area contributed by atoms with Crippen molar-refractivity contribution >= 4 is 11.9 Å². The molecule has 0 aromatic rings. The summed E-state index contributed by atoms with van der Waals surface area (Å²) in [6.45, 7) is 8.87. The van der Waals surface area contributed by atoms with Crippen LogP contribution in [0.5, 0.6) is 0 Å². The van der Waals surface area contributed by atoms with Crippen molar-refractivity contribution in [3.63, 3.8) is 0 Å². The van der Waals surface area contributed by atoms with Crippen molar-refractivity contribution in [3.8, 4) is 0 Å². The number of hydrogen-bond acceptors (Lipinski definition) is 2. The van der Waals surface area contributed by atoms with Crippen LogP contribution >= 0.6 is 0 Å². The summed E-state index contributed by atoms with van der Waals surface area (Å²) in [6.07, 6.45) is 13.3. The van der Waals surface area contributed by atoms with Gasteiger partial charge in [-0.05, 0) is 33.1 Å². The lowest BCUT2D eigenvalue weighted by molar-refractivity contribution is -0.146. The van der Waals surface area contributed by atoms with Gasteiger partial charge >= 0.3 is 5.97 Å². The molecule has 0 rings (SSSR count). The van der Waals surface area contributed by atoms with Crippen LogP contribution in [-0.4, -0.2) is 35.0 Å². The van der Waals surface area contributed by atoms with Crippen molar-refractivity contribution in [2.45, 2.75) is 84.5 Å². The molecule has 24 heavy (non-hydrogen) atoms. The average Bonchev–Trinajstić information content (AvgIpc) is 2.56. The number of allylic oxidation sites excluding steroid dienone is 1. The molecule has 0 radical (unpaired) electrons. The van der Waals surface area contributed by atoms with Crippen LogP contribution in [0.15, 0.2) is 12.7 Å². The summed E-state index contributed by atoms with van der Waals surface area (Å²) in [5.74, 6) is -1.40. The van der Waals surface area contributed by atoms with Gasteiger partial charge in [0.2, 0.25) is 5.91 Å². The number of rotatable bonds is 16. The van der Waals surface area contributed by atoms with Crippen molar-refractivity contribution < 1.29 is 14.7 Å². The summed E-state index contributed by atoms with van der Waals surface area (Å²) in [6, 6.07) is 0. The number of amides is 1. The Morgan fingerprint density at radius 2 is 1.46 bits per heavy atom. The molecule has 0 saturated heterocycles. The quantitative estimate of drug-likeness (QED) is 0.317. The molecular formula is C20H37NO3. The minimum atomic E-state index is -0.835. The van der Waals surface area contributed by atoms with Gasteiger partial charge in [-0.1, -0.05) is 51.0 Å². The van der Waals surface area contributed by atoms with E-state index in [-0.39, 0.29) is 12.3 Å². The zero-order chi connectivity index (χ0) is 18.2. The first-order valence-electron chi connectivity index (χ1n) is 9.68. The third-order valence-corrected chi connectivity index (χ3v) is 4.60. The van der Waals surface area contributed by atoms with Gasteiger partial charge in [0.1, 0.15) is 0 Å². The normalized spacial score (nSPS) is 11.9. The van der Waals surface area contributed by atoms with Crippen LogP contribution in [0.1, 0.15) is 84.5 Å². The second kappa shape index (κ2) is 15.2. The predicted octanol–water partition coefficient (Wildman–Crippen LogP) is 5.03. The summed E-state index contributed by atoms with van der Waals surface area (Å²) >= 11 is 0. The Morgan fingerprint density at radius 3 is 1.92 bits per heavy atom. The Labute approximate surface area is 148 Å². The third kappa shape index (κ3) is 11.3. The fourth-order valence-electron chi connectivity index (χ4n) is 2.97. The van der Waals surface area contributed by atoms with Crippen LogP contribution in [0.3, 0.4) is 0 Å². The highest BCUT2D eigenvalue weighted by atomic mass is 16.4. The minimum Gasteiger partial charge on any atom is -0.481 e. The second-order valence-electron chi connectivity index (χ2n) is 6.50. The molecule has 0 aromatic heterocycles. The molecule has 140 valence electrons. The Morgan fingerprint density at radius 1 is 0.958 bits per heavy atom. The highest BCUT2D eigenvalue weighted by molar-refractivity contribution is 5.82. The zero-order valence-electron chi connectivity index (χ0n) is 15.8. The van der Waals surface area contributed by atoms with Gasteiger partial charge in [0, 0.05) is 19.5 Å². The van der Waals surface area contributed by atoms with Crippen molar-refractivity contribution in [2.24, 2.45) is 5.92 Å². The monoisotopic (exact) mass is 339 g/mol. The van der Waals surface area contributed by atoms with E-state index in [1.165, 1.54) is 32.1 Å². The highest BCUT2D eigenvalue weighted by Crippen LogP contribution is 2.17. The maximum Gasteiger partial charge on any atom is 0.307 e. The summed E-state index contributed by atoms with van der Waals surface area (Å²) in [5.41, 5.74) is 0. The van der Waals surface area contributed by atoms with E-state index in [0.29, 0.717) is 19.5 Å². The molecule has 0 bridgehead atoms. The molecule has 0 heterocycles. The summed E-state index contributed by atoms with van der Waals surface area (Å²) in [4.78, 5) is 25.1. The van der Waals surface area contributed by atoms with Gasteiger partial charge < -0.3 is 10.0 Å². The standard InChI is InChI=1S/C20H37NO3/c1-4-7-8-9-10-11-12-13-14-15-16-18(20(23)24)17-19(22)21(5-2)6-3/h4,18H,1,5-17H2,2-3H3,(H,23,24). The fraction of sp³-hybridized carbons (Fsp3) is 0.800. The summed E-state index contributed by atoms with van der Waals surface area (Å²) in [7, 11) is 0. The van der Waals surface area contributed by atoms with Crippen molar-refractivity contribution in [1.82, 2.24) is 4.90 Å². The maximum absolute atomic E-state index is 12.1. The Hall–Kier alpha value is -1.32. The van der Waals surface area contributed by atoms with E-state index in [4.69, 9.17) is 0 Å². The van der Waals surface area contributed by atoms with Crippen molar-refractivity contribution in [3.05, 3.63) is 12.7 Å². The van der Waals surface area contributed by atoms with Crippen LogP contribution in [0.2, 0.25) is 0 Å². The highest BCUT2D eigenvalue weighted by Gasteiger charge is 2.22. The number of hydrogen-bond donors (Lipinski definition) is 1. The predicted molar refractivity (Wildman–Crippen MR) is 100 cm³/mol. The van der Waals surface area contributed by atoms with E-state index in [2.05, 4.69) is 6.58 Å². The van der Waals surface area contributed by atoms with E-state index in [0.717, 1.165) is 25.7 Å². The number of aliphatic carboxylic acids is 1. The number of nitrogens with zero attached hydrogens (tertiary/aromatic N) is 1. The molecular weight excluding hydrogens is 302 g/mol. The first-order chi connectivity index (χ1) is 11.6. The lowest BCUT2D eigenvalue weighted by Gasteiger charge is -2.21. The first-order valence-corrected chi connectivity index (χ1v) is 9.68. The molecule has 0 spiro atoms. The number of unbranched alkanes of at least 4 members (excludes halogenated alkanes) is 8. The van der Waals surface area contributed by atoms with Gasteiger partial charge in [-0.2, -0.15) is 0 Å². The molecule has 1 N–H and O–H groups in total. The molecule has 0 fully saturated rings. The smallest absolute Gasteiger partial charge is 0.307 e. The molecule has 0 aliphatic rings. The largest absolute Gasteiger partial charge is 0.481 e. The molecule has 4 heteroatoms. The molecule has 0 saturated carbocycles. The third-order valence-electron chi connectivity index (χ3n) is 4.60. The van der Waals surface area contributed by atoms with E-state index < -0.39 is 11.9 Å². The van der Waals surface area contributed by atoms with E-state index in [1.807, 2.05) is 19.9 Å². The lowest BCUT2D eigenvalue weighted by Crippen LogP contribution is -2.33. The zero-order valence-corrected chi connectivity index (χ0v) is 15.8. The first kappa shape index (κ1) is 22.7. The molecule has 0 aliphatic carbocycles. The number of carbonyl (C=O) groups is 2. The Kier molecular flexibility index (Phi) is 14.4. The average molecular weight is 340 g/mol. The van der Waals surface area contributed by atoms with Crippen LogP contribution in [0.25, 0.3) is 0 Å². The number of carboxylic acid groups (broad SMARTS) is 1. The molecule has 4 nitrogen and oxygen atoms in total. The molecule has 1 amide bonds. The molecule has 0 aliphatic heterocycles. The van der Waals surface area contributed by atoms with Crippen LogP contribution in [-0.2, 0) is 9.59 Å². The lowest BCUT2D eigenvalue weighted by atomic mass is 9.96. The number of carbonyl (C=O) groups excluding carboxylic acids is 1. The van der Waals surface area contributed by atoms with E-state index >= 15 is 0 Å². The van der Waals surface area contributed by atoms with E-state index in [9.17, 15) is 14.7 Å². The molecule has 0 aromatic carbocycles. The molecule has 1 unspecified atom stereocenters. The maximum atomic E-state index is 12.1. The van der Waals surface area contributed by atoms with Crippen molar-refractivity contribution in [1.29, 1.82) is 0 Å². The SMILES string of the molecule is C=CCCCCCCCCCCC(CC(=O)N(CC)CC)C(=O)O. The van der Waals surface area contributed by atoms with Gasteiger partial charge in [-0.3, -0.25) is 9.59 Å². The van der Waals surface area contributed by atoms with Gasteiger partial charge in [-0.15, -0.1) is 6.58 Å². The van der Waals surface area contributed by atoms with E-state index in [1.54, 1.807) is 4.90 Å².